The smallest absolute Gasteiger partial charge is 0.269 e. The molecule has 1 amide bonds. The predicted octanol–water partition coefficient (Wildman–Crippen LogP) is 2.20. The van der Waals surface area contributed by atoms with Crippen LogP contribution in [0.5, 0.6) is 0 Å². The molecule has 0 aliphatic rings. The van der Waals surface area contributed by atoms with Crippen molar-refractivity contribution in [2.75, 3.05) is 11.9 Å². The van der Waals surface area contributed by atoms with Crippen LogP contribution in [-0.2, 0) is 0 Å². The molecule has 0 aromatic carbocycles. The van der Waals surface area contributed by atoms with Crippen LogP contribution in [-0.4, -0.2) is 27.6 Å². The van der Waals surface area contributed by atoms with Crippen LogP contribution in [0.3, 0.4) is 0 Å². The number of aliphatic hydroxyl groups excluding tert-OH is 1. The fraction of sp³-hybridized carbons (Fsp3) is 0.308. The molecule has 0 aliphatic carbocycles. The molecular formula is C13H13N3O2S2. The Bertz CT molecular complexity index is 679. The van der Waals surface area contributed by atoms with Gasteiger partial charge in [0.2, 0.25) is 0 Å². The number of hydrogen-bond acceptors (Lipinski definition) is 6. The molecule has 2 aromatic heterocycles. The van der Waals surface area contributed by atoms with Crippen LogP contribution in [0.2, 0.25) is 0 Å². The zero-order valence-corrected chi connectivity index (χ0v) is 12.7. The molecule has 0 saturated heterocycles. The third kappa shape index (κ3) is 3.63. The fourth-order valence-corrected chi connectivity index (χ4v) is 2.99. The first-order valence-corrected chi connectivity index (χ1v) is 7.54. The molecule has 2 heterocycles. The van der Waals surface area contributed by atoms with E-state index in [1.807, 2.05) is 13.8 Å². The van der Waals surface area contributed by atoms with Crippen LogP contribution in [0.1, 0.15) is 31.7 Å². The largest absolute Gasteiger partial charge is 0.395 e. The zero-order chi connectivity index (χ0) is 14.5. The maximum absolute atomic E-state index is 12.1. The van der Waals surface area contributed by atoms with Gasteiger partial charge in [-0.2, -0.15) is 0 Å². The summed E-state index contributed by atoms with van der Waals surface area (Å²) < 4.78 is 0. The molecule has 20 heavy (non-hydrogen) atoms. The highest BCUT2D eigenvalue weighted by molar-refractivity contribution is 7.16. The van der Waals surface area contributed by atoms with Crippen molar-refractivity contribution in [3.63, 3.8) is 0 Å². The Labute approximate surface area is 124 Å². The van der Waals surface area contributed by atoms with Crippen LogP contribution >= 0.6 is 22.7 Å². The highest BCUT2D eigenvalue weighted by atomic mass is 32.1. The molecule has 0 saturated carbocycles. The van der Waals surface area contributed by atoms with Gasteiger partial charge in [-0.1, -0.05) is 23.2 Å². The molecule has 5 nitrogen and oxygen atoms in total. The van der Waals surface area contributed by atoms with Gasteiger partial charge in [0.1, 0.15) is 4.88 Å². The molecule has 104 valence electrons. The molecule has 0 aliphatic heterocycles. The summed E-state index contributed by atoms with van der Waals surface area (Å²) in [6.45, 7) is 3.72. The van der Waals surface area contributed by atoms with Gasteiger partial charge >= 0.3 is 0 Å². The van der Waals surface area contributed by atoms with Crippen LogP contribution in [0.4, 0.5) is 5.13 Å². The molecule has 2 N–H and O–H groups in total. The average Bonchev–Trinajstić information content (AvgIpc) is 2.96. The Morgan fingerprint density at radius 2 is 2.25 bits per heavy atom. The van der Waals surface area contributed by atoms with Gasteiger partial charge in [0.15, 0.2) is 5.13 Å². The van der Waals surface area contributed by atoms with Crippen molar-refractivity contribution in [2.45, 2.75) is 20.3 Å². The first kappa shape index (κ1) is 14.7. The van der Waals surface area contributed by atoms with E-state index in [0.717, 1.165) is 15.6 Å². The van der Waals surface area contributed by atoms with Gasteiger partial charge in [-0.25, -0.2) is 9.97 Å². The fourth-order valence-electron chi connectivity index (χ4n) is 1.49. The van der Waals surface area contributed by atoms with Gasteiger partial charge in [0.25, 0.3) is 5.91 Å². The molecule has 0 radical (unpaired) electrons. The van der Waals surface area contributed by atoms with Gasteiger partial charge in [-0.3, -0.25) is 10.1 Å². The van der Waals surface area contributed by atoms with E-state index in [4.69, 9.17) is 5.11 Å². The number of amides is 1. The second-order valence-corrected chi connectivity index (χ2v) is 6.14. The van der Waals surface area contributed by atoms with E-state index >= 15 is 0 Å². The molecule has 0 unspecified atom stereocenters. The van der Waals surface area contributed by atoms with Gasteiger partial charge < -0.3 is 5.11 Å². The van der Waals surface area contributed by atoms with Crippen molar-refractivity contribution < 1.29 is 9.90 Å². The van der Waals surface area contributed by atoms with Crippen molar-refractivity contribution in [3.05, 3.63) is 26.7 Å². The molecule has 0 spiro atoms. The van der Waals surface area contributed by atoms with E-state index in [-0.39, 0.29) is 12.5 Å². The third-order valence-electron chi connectivity index (χ3n) is 2.28. The second kappa shape index (κ2) is 6.61. The number of carbonyl (C=O) groups is 1. The van der Waals surface area contributed by atoms with E-state index in [1.54, 1.807) is 6.20 Å². The summed E-state index contributed by atoms with van der Waals surface area (Å²) in [7, 11) is 0. The summed E-state index contributed by atoms with van der Waals surface area (Å²) in [4.78, 5) is 21.8. The van der Waals surface area contributed by atoms with Crippen molar-refractivity contribution in [1.29, 1.82) is 0 Å². The maximum atomic E-state index is 12.1. The van der Waals surface area contributed by atoms with Gasteiger partial charge in [-0.05, 0) is 13.8 Å². The van der Waals surface area contributed by atoms with Crippen molar-refractivity contribution in [1.82, 2.24) is 9.97 Å². The van der Waals surface area contributed by atoms with Crippen molar-refractivity contribution >= 4 is 33.7 Å². The SMILES string of the molecule is Cc1nc(C)c(C(=O)Nc2ncc(C#CCCO)s2)s1. The van der Waals surface area contributed by atoms with E-state index in [9.17, 15) is 4.79 Å². The molecule has 7 heteroatoms. The van der Waals surface area contributed by atoms with Crippen LogP contribution < -0.4 is 5.32 Å². The summed E-state index contributed by atoms with van der Waals surface area (Å²) in [5.41, 5.74) is 0.726. The quantitative estimate of drug-likeness (QED) is 0.853. The minimum Gasteiger partial charge on any atom is -0.395 e. The number of nitrogens with zero attached hydrogens (tertiary/aromatic N) is 2. The number of rotatable bonds is 3. The standard InChI is InChI=1S/C13H13N3O2S2/c1-8-11(19-9(2)15-8)12(18)16-13-14-7-10(20-13)5-3-4-6-17/h7,17H,4,6H2,1-2H3,(H,14,16,18). The lowest BCUT2D eigenvalue weighted by Gasteiger charge is -1.98. The summed E-state index contributed by atoms with van der Waals surface area (Å²) in [5, 5.41) is 12.8. The first-order valence-electron chi connectivity index (χ1n) is 5.91. The van der Waals surface area contributed by atoms with Gasteiger partial charge in [-0.15, -0.1) is 11.3 Å². The Morgan fingerprint density at radius 1 is 1.45 bits per heavy atom. The Kier molecular flexibility index (Phi) is 4.84. The normalized spacial score (nSPS) is 9.95. The predicted molar refractivity (Wildman–Crippen MR) is 80.2 cm³/mol. The summed E-state index contributed by atoms with van der Waals surface area (Å²) >= 11 is 2.67. The number of aliphatic hydroxyl groups is 1. The number of carbonyl (C=O) groups excluding carboxylic acids is 1. The van der Waals surface area contributed by atoms with Crippen LogP contribution in [0.15, 0.2) is 6.20 Å². The number of aromatic nitrogens is 2. The van der Waals surface area contributed by atoms with Crippen molar-refractivity contribution in [2.24, 2.45) is 0 Å². The van der Waals surface area contributed by atoms with E-state index in [0.29, 0.717) is 16.4 Å². The number of anilines is 1. The van der Waals surface area contributed by atoms with Crippen LogP contribution in [0, 0.1) is 25.7 Å². The highest BCUT2D eigenvalue weighted by Gasteiger charge is 2.15. The minimum atomic E-state index is -0.197. The zero-order valence-electron chi connectivity index (χ0n) is 11.1. The average molecular weight is 307 g/mol. The number of aryl methyl sites for hydroxylation is 2. The molecule has 0 bridgehead atoms. The Hall–Kier alpha value is -1.75. The lowest BCUT2D eigenvalue weighted by molar-refractivity contribution is 0.103. The number of nitrogens with one attached hydrogen (secondary N) is 1. The number of hydrogen-bond donors (Lipinski definition) is 2. The molecule has 2 rings (SSSR count). The Balaban J connectivity index is 2.06. The second-order valence-electron chi connectivity index (χ2n) is 3.91. The van der Waals surface area contributed by atoms with E-state index in [2.05, 4.69) is 27.1 Å². The summed E-state index contributed by atoms with van der Waals surface area (Å²) in [6, 6.07) is 0. The maximum Gasteiger partial charge on any atom is 0.269 e. The first-order chi connectivity index (χ1) is 9.60. The highest BCUT2D eigenvalue weighted by Crippen LogP contribution is 2.21. The monoisotopic (exact) mass is 307 g/mol. The number of thiazole rings is 2. The van der Waals surface area contributed by atoms with E-state index < -0.39 is 0 Å². The topological polar surface area (TPSA) is 75.1 Å². The van der Waals surface area contributed by atoms with Gasteiger partial charge in [0.05, 0.1) is 28.4 Å². The van der Waals surface area contributed by atoms with Crippen molar-refractivity contribution in [3.8, 4) is 11.8 Å². The lowest BCUT2D eigenvalue weighted by Crippen LogP contribution is -2.11. The van der Waals surface area contributed by atoms with E-state index in [1.165, 1.54) is 22.7 Å². The molecule has 0 atom stereocenters. The molecule has 2 aromatic rings. The third-order valence-corrected chi connectivity index (χ3v) is 4.18. The molecular weight excluding hydrogens is 294 g/mol. The van der Waals surface area contributed by atoms with Gasteiger partial charge in [0, 0.05) is 6.42 Å². The summed E-state index contributed by atoms with van der Waals surface area (Å²) in [6.07, 6.45) is 2.04. The molecule has 0 fully saturated rings. The lowest BCUT2D eigenvalue weighted by atomic mass is 10.4. The Morgan fingerprint density at radius 3 is 2.90 bits per heavy atom. The minimum absolute atomic E-state index is 0.0411. The summed E-state index contributed by atoms with van der Waals surface area (Å²) in [5.74, 6) is 5.49. The van der Waals surface area contributed by atoms with Crippen LogP contribution in [0.25, 0.3) is 0 Å².